The molecule has 1 atom stereocenters. The average molecular weight is 158 g/mol. The van der Waals surface area contributed by atoms with Gasteiger partial charge in [-0.3, -0.25) is 9.59 Å². The van der Waals surface area contributed by atoms with E-state index in [1.54, 1.807) is 0 Å². The Hall–Kier alpha value is -1.06. The van der Waals surface area contributed by atoms with Crippen molar-refractivity contribution in [3.63, 3.8) is 0 Å². The Bertz CT molecular complexity index is 161. The van der Waals surface area contributed by atoms with Crippen LogP contribution in [0.3, 0.4) is 0 Å². The molecule has 2 aliphatic heterocycles. The number of cyclic esters (lactones) is 2. The molecule has 0 radical (unpaired) electrons. The van der Waals surface area contributed by atoms with Crippen LogP contribution in [0.5, 0.6) is 0 Å². The van der Waals surface area contributed by atoms with Gasteiger partial charge in [0.15, 0.2) is 0 Å². The third kappa shape index (κ3) is 2.57. The first-order valence-electron chi connectivity index (χ1n) is 3.53. The summed E-state index contributed by atoms with van der Waals surface area (Å²) in [5.74, 6) is -0.132. The van der Waals surface area contributed by atoms with Crippen molar-refractivity contribution in [3.05, 3.63) is 0 Å². The fourth-order valence-electron chi connectivity index (χ4n) is 0.635. The number of hydrogen-bond acceptors (Lipinski definition) is 4. The maximum absolute atomic E-state index is 9.89. The van der Waals surface area contributed by atoms with E-state index in [4.69, 9.17) is 0 Å². The number of carbonyl (C=O) groups excluding carboxylic acids is 2. The van der Waals surface area contributed by atoms with Crippen LogP contribution in [-0.2, 0) is 19.1 Å². The minimum Gasteiger partial charge on any atom is -0.465 e. The van der Waals surface area contributed by atoms with Crippen LogP contribution in [0.4, 0.5) is 0 Å². The monoisotopic (exact) mass is 158 g/mol. The predicted molar refractivity (Wildman–Crippen MR) is 35.7 cm³/mol. The second-order valence-electron chi connectivity index (χ2n) is 2.48. The maximum Gasteiger partial charge on any atom is 0.309 e. The molecule has 11 heavy (non-hydrogen) atoms. The number of hydrogen-bond donors (Lipinski definition) is 0. The first kappa shape index (κ1) is 8.04. The van der Waals surface area contributed by atoms with Crippen molar-refractivity contribution in [1.29, 1.82) is 0 Å². The highest BCUT2D eigenvalue weighted by molar-refractivity contribution is 5.74. The molecule has 2 heterocycles. The molecule has 0 spiro atoms. The summed E-state index contributed by atoms with van der Waals surface area (Å²) in [7, 11) is 0. The highest BCUT2D eigenvalue weighted by Gasteiger charge is 2.22. The van der Waals surface area contributed by atoms with Crippen LogP contribution >= 0.6 is 0 Å². The Labute approximate surface area is 64.5 Å². The van der Waals surface area contributed by atoms with Gasteiger partial charge in [0.25, 0.3) is 0 Å². The fourth-order valence-corrected chi connectivity index (χ4v) is 0.635. The Morgan fingerprint density at radius 1 is 1.36 bits per heavy atom. The van der Waals surface area contributed by atoms with Gasteiger partial charge in [0, 0.05) is 0 Å². The normalized spacial score (nSPS) is 26.5. The van der Waals surface area contributed by atoms with Crippen LogP contribution in [0, 0.1) is 0 Å². The fraction of sp³-hybridized carbons (Fsp3) is 0.714. The van der Waals surface area contributed by atoms with E-state index in [1.165, 1.54) is 0 Å². The molecule has 0 bridgehead atoms. The first-order valence-corrected chi connectivity index (χ1v) is 3.53. The first-order chi connectivity index (χ1) is 5.18. The van der Waals surface area contributed by atoms with E-state index in [2.05, 4.69) is 9.47 Å². The standard InChI is InChI=1S/C4H6O2.C3H4O2/c1-3-2-4(5)6-3;4-3-1-2-5-3/h3H,2H2,1H3;1-2H2. The minimum atomic E-state index is -0.0671. The van der Waals surface area contributed by atoms with Gasteiger partial charge in [-0.25, -0.2) is 0 Å². The molecule has 0 amide bonds. The lowest BCUT2D eigenvalue weighted by molar-refractivity contribution is -0.167. The lowest BCUT2D eigenvalue weighted by atomic mass is 10.2. The van der Waals surface area contributed by atoms with Gasteiger partial charge in [-0.15, -0.1) is 0 Å². The van der Waals surface area contributed by atoms with Gasteiger partial charge in [-0.1, -0.05) is 0 Å². The van der Waals surface area contributed by atoms with Crippen molar-refractivity contribution in [2.24, 2.45) is 0 Å². The van der Waals surface area contributed by atoms with Crippen molar-refractivity contribution in [1.82, 2.24) is 0 Å². The highest BCUT2D eigenvalue weighted by atomic mass is 16.6. The molecular formula is C7H10O4. The van der Waals surface area contributed by atoms with E-state index < -0.39 is 0 Å². The summed E-state index contributed by atoms with van der Waals surface area (Å²) in [4.78, 5) is 19.6. The zero-order chi connectivity index (χ0) is 8.27. The molecule has 62 valence electrons. The average Bonchev–Trinajstić information content (AvgIpc) is 1.83. The van der Waals surface area contributed by atoms with Gasteiger partial charge in [-0.2, -0.15) is 0 Å². The van der Waals surface area contributed by atoms with E-state index in [-0.39, 0.29) is 18.0 Å². The van der Waals surface area contributed by atoms with Gasteiger partial charge >= 0.3 is 11.9 Å². The molecule has 0 aliphatic carbocycles. The molecule has 2 aliphatic rings. The third-order valence-corrected chi connectivity index (χ3v) is 1.36. The van der Waals surface area contributed by atoms with E-state index in [9.17, 15) is 9.59 Å². The minimum absolute atomic E-state index is 0.0648. The molecule has 2 rings (SSSR count). The number of esters is 2. The van der Waals surface area contributed by atoms with Crippen LogP contribution in [-0.4, -0.2) is 24.6 Å². The van der Waals surface area contributed by atoms with Crippen LogP contribution in [0.1, 0.15) is 19.8 Å². The Morgan fingerprint density at radius 3 is 1.82 bits per heavy atom. The molecule has 2 fully saturated rings. The predicted octanol–water partition coefficient (Wildman–Crippen LogP) is 0.255. The Balaban J connectivity index is 0.000000112. The molecule has 4 heteroatoms. The Morgan fingerprint density at radius 2 is 1.82 bits per heavy atom. The van der Waals surface area contributed by atoms with E-state index in [0.29, 0.717) is 19.4 Å². The van der Waals surface area contributed by atoms with Gasteiger partial charge in [0.2, 0.25) is 0 Å². The summed E-state index contributed by atoms with van der Waals surface area (Å²) in [5.41, 5.74) is 0. The quantitative estimate of drug-likeness (QED) is 0.474. The number of carbonyl (C=O) groups is 2. The summed E-state index contributed by atoms with van der Waals surface area (Å²) in [6.45, 7) is 2.51. The molecule has 0 saturated carbocycles. The van der Waals surface area contributed by atoms with Gasteiger partial charge in [-0.05, 0) is 6.92 Å². The van der Waals surface area contributed by atoms with Crippen LogP contribution in [0.25, 0.3) is 0 Å². The van der Waals surface area contributed by atoms with Crippen molar-refractivity contribution in [2.45, 2.75) is 25.9 Å². The molecule has 0 N–H and O–H groups in total. The zero-order valence-corrected chi connectivity index (χ0v) is 6.33. The largest absolute Gasteiger partial charge is 0.465 e. The molecule has 0 aromatic carbocycles. The van der Waals surface area contributed by atoms with E-state index in [0.717, 1.165) is 0 Å². The van der Waals surface area contributed by atoms with Crippen molar-refractivity contribution in [2.75, 3.05) is 6.61 Å². The Kier molecular flexibility index (Phi) is 2.46. The smallest absolute Gasteiger partial charge is 0.309 e. The van der Waals surface area contributed by atoms with Crippen molar-refractivity contribution < 1.29 is 19.1 Å². The topological polar surface area (TPSA) is 52.6 Å². The third-order valence-electron chi connectivity index (χ3n) is 1.36. The summed E-state index contributed by atoms with van der Waals surface area (Å²) in [6, 6.07) is 0. The van der Waals surface area contributed by atoms with E-state index in [1.807, 2.05) is 6.92 Å². The molecular weight excluding hydrogens is 148 g/mol. The molecule has 1 unspecified atom stereocenters. The van der Waals surface area contributed by atoms with Crippen LogP contribution in [0.15, 0.2) is 0 Å². The summed E-state index contributed by atoms with van der Waals surface area (Å²) < 4.78 is 8.79. The lowest BCUT2D eigenvalue weighted by Gasteiger charge is -2.20. The van der Waals surface area contributed by atoms with E-state index >= 15 is 0 Å². The van der Waals surface area contributed by atoms with Gasteiger partial charge < -0.3 is 9.47 Å². The van der Waals surface area contributed by atoms with Crippen molar-refractivity contribution >= 4 is 11.9 Å². The second kappa shape index (κ2) is 3.37. The van der Waals surface area contributed by atoms with Crippen molar-refractivity contribution in [3.8, 4) is 0 Å². The summed E-state index contributed by atoms with van der Waals surface area (Å²) in [5, 5.41) is 0. The summed E-state index contributed by atoms with van der Waals surface area (Å²) in [6.07, 6.45) is 1.43. The molecule has 0 aromatic rings. The number of rotatable bonds is 0. The zero-order valence-electron chi connectivity index (χ0n) is 6.33. The number of ether oxygens (including phenoxy) is 2. The lowest BCUT2D eigenvalue weighted by Crippen LogP contribution is -2.29. The maximum atomic E-state index is 9.89. The SMILES string of the molecule is CC1CC(=O)O1.O=C1CCO1. The molecule has 0 aromatic heterocycles. The molecule has 2 saturated heterocycles. The summed E-state index contributed by atoms with van der Waals surface area (Å²) >= 11 is 0. The van der Waals surface area contributed by atoms with Gasteiger partial charge in [0.05, 0.1) is 12.8 Å². The highest BCUT2D eigenvalue weighted by Crippen LogP contribution is 2.10. The van der Waals surface area contributed by atoms with Crippen LogP contribution in [0.2, 0.25) is 0 Å². The van der Waals surface area contributed by atoms with Gasteiger partial charge in [0.1, 0.15) is 12.7 Å². The van der Waals surface area contributed by atoms with Crippen LogP contribution < -0.4 is 0 Å². The molecule has 4 nitrogen and oxygen atoms in total. The second-order valence-corrected chi connectivity index (χ2v) is 2.48.